The molecule has 1 aliphatic rings. The van der Waals surface area contributed by atoms with Gasteiger partial charge in [0.1, 0.15) is 18.0 Å². The smallest absolute Gasteiger partial charge is 0.266 e. The highest BCUT2D eigenvalue weighted by Gasteiger charge is 2.29. The summed E-state index contributed by atoms with van der Waals surface area (Å²) in [5.74, 6) is -1.04. The van der Waals surface area contributed by atoms with Crippen LogP contribution in [0.25, 0.3) is 0 Å². The van der Waals surface area contributed by atoms with Crippen LogP contribution in [0, 0.1) is 5.82 Å². The van der Waals surface area contributed by atoms with E-state index >= 15 is 0 Å². The predicted molar refractivity (Wildman–Crippen MR) is 111 cm³/mol. The maximum absolute atomic E-state index is 14.6. The van der Waals surface area contributed by atoms with Gasteiger partial charge < -0.3 is 20.1 Å². The number of benzene rings is 1. The summed E-state index contributed by atoms with van der Waals surface area (Å²) in [6, 6.07) is 3.13. The van der Waals surface area contributed by atoms with Gasteiger partial charge in [0.05, 0.1) is 42.5 Å². The molecule has 0 unspecified atom stereocenters. The van der Waals surface area contributed by atoms with Crippen molar-refractivity contribution >= 4 is 11.7 Å². The Bertz CT molecular complexity index is 981. The van der Waals surface area contributed by atoms with E-state index in [-0.39, 0.29) is 23.7 Å². The van der Waals surface area contributed by atoms with Crippen LogP contribution in [0.2, 0.25) is 0 Å². The van der Waals surface area contributed by atoms with E-state index in [1.54, 1.807) is 6.92 Å². The molecule has 1 amide bonds. The van der Waals surface area contributed by atoms with Crippen LogP contribution in [0.1, 0.15) is 61.4 Å². The highest BCUT2D eigenvalue weighted by atomic mass is 19.3. The van der Waals surface area contributed by atoms with Crippen LogP contribution in [-0.2, 0) is 20.7 Å². The van der Waals surface area contributed by atoms with Gasteiger partial charge in [-0.05, 0) is 13.3 Å². The van der Waals surface area contributed by atoms with Gasteiger partial charge in [-0.1, -0.05) is 31.7 Å². The fraction of sp³-hybridized carbons (Fsp3) is 0.409. The molecule has 1 aromatic heterocycles. The van der Waals surface area contributed by atoms with Crippen molar-refractivity contribution < 1.29 is 27.4 Å². The van der Waals surface area contributed by atoms with Gasteiger partial charge in [-0.3, -0.25) is 4.79 Å². The summed E-state index contributed by atoms with van der Waals surface area (Å²) in [7, 11) is 0. The van der Waals surface area contributed by atoms with Gasteiger partial charge in [0.25, 0.3) is 6.43 Å². The second-order valence-electron chi connectivity index (χ2n) is 7.26. The van der Waals surface area contributed by atoms with Gasteiger partial charge in [0.2, 0.25) is 5.91 Å². The Kier molecular flexibility index (Phi) is 7.81. The molecule has 2 aromatic rings. The summed E-state index contributed by atoms with van der Waals surface area (Å²) in [4.78, 5) is 20.8. The molecule has 32 heavy (non-hydrogen) atoms. The monoisotopic (exact) mass is 450 g/mol. The van der Waals surface area contributed by atoms with Crippen LogP contribution >= 0.6 is 0 Å². The molecule has 3 rings (SSSR count). The van der Waals surface area contributed by atoms with Crippen molar-refractivity contribution in [3.05, 3.63) is 65.0 Å². The molecular weight excluding hydrogens is 425 g/mol. The largest absolute Gasteiger partial charge is 0.363 e. The molecule has 1 fully saturated rings. The zero-order valence-corrected chi connectivity index (χ0v) is 17.8. The zero-order valence-electron chi connectivity index (χ0n) is 17.8. The number of amides is 1. The predicted octanol–water partition coefficient (Wildman–Crippen LogP) is 4.35. The number of nitrogens with one attached hydrogen (secondary N) is 2. The topological polar surface area (TPSA) is 85.4 Å². The molecule has 2 heterocycles. The number of anilines is 1. The third-order valence-electron chi connectivity index (χ3n) is 5.01. The molecule has 0 bridgehead atoms. The van der Waals surface area contributed by atoms with Gasteiger partial charge in [-0.2, -0.15) is 0 Å². The molecule has 7 nitrogen and oxygen atoms in total. The number of halogens is 3. The average molecular weight is 450 g/mol. The summed E-state index contributed by atoms with van der Waals surface area (Å²) in [6.45, 7) is 7.93. The van der Waals surface area contributed by atoms with Crippen molar-refractivity contribution in [1.82, 2.24) is 15.3 Å². The minimum absolute atomic E-state index is 0.0548. The highest BCUT2D eigenvalue weighted by Crippen LogP contribution is 2.34. The Balaban J connectivity index is 1.91. The number of carbonyl (C=O) groups is 1. The molecule has 172 valence electrons. The van der Waals surface area contributed by atoms with Crippen LogP contribution in [0.15, 0.2) is 36.8 Å². The van der Waals surface area contributed by atoms with Crippen LogP contribution in [0.3, 0.4) is 0 Å². The first-order valence-corrected chi connectivity index (χ1v) is 10.2. The lowest BCUT2D eigenvalue weighted by molar-refractivity contribution is -0.119. The van der Waals surface area contributed by atoms with Crippen LogP contribution < -0.4 is 10.6 Å². The first kappa shape index (κ1) is 23.7. The lowest BCUT2D eigenvalue weighted by atomic mass is 10.0. The van der Waals surface area contributed by atoms with Crippen molar-refractivity contribution in [2.75, 3.05) is 18.5 Å². The Hall–Kier alpha value is -2.98. The van der Waals surface area contributed by atoms with E-state index in [2.05, 4.69) is 27.2 Å². The molecule has 0 saturated carbocycles. The van der Waals surface area contributed by atoms with Gasteiger partial charge in [-0.15, -0.1) is 0 Å². The van der Waals surface area contributed by atoms with E-state index in [0.717, 1.165) is 6.07 Å². The van der Waals surface area contributed by atoms with Gasteiger partial charge in [0, 0.05) is 11.3 Å². The Labute approximate surface area is 184 Å². The van der Waals surface area contributed by atoms with E-state index in [1.165, 1.54) is 18.5 Å². The number of alkyl halides is 2. The number of nitrogens with zero attached hydrogens (tertiary/aromatic N) is 2. The van der Waals surface area contributed by atoms with E-state index in [4.69, 9.17) is 9.47 Å². The van der Waals surface area contributed by atoms with Crippen molar-refractivity contribution in [2.24, 2.45) is 0 Å². The van der Waals surface area contributed by atoms with Crippen LogP contribution in [0.5, 0.6) is 0 Å². The molecule has 1 saturated heterocycles. The Morgan fingerprint density at radius 2 is 1.94 bits per heavy atom. The Morgan fingerprint density at radius 1 is 1.25 bits per heavy atom. The number of ether oxygens (including phenoxy) is 2. The maximum atomic E-state index is 14.6. The number of hydrogen-bond donors (Lipinski definition) is 2. The molecule has 1 atom stereocenters. The number of carbonyl (C=O) groups excluding carboxylic acids is 1. The first-order valence-electron chi connectivity index (χ1n) is 10.2. The third kappa shape index (κ3) is 5.43. The van der Waals surface area contributed by atoms with Gasteiger partial charge in [0.15, 0.2) is 6.29 Å². The summed E-state index contributed by atoms with van der Waals surface area (Å²) in [6.07, 6.45) is -1.99. The second kappa shape index (κ2) is 10.6. The summed E-state index contributed by atoms with van der Waals surface area (Å²) >= 11 is 0. The van der Waals surface area contributed by atoms with Crippen LogP contribution in [-0.4, -0.2) is 29.1 Å². The molecule has 10 heteroatoms. The third-order valence-corrected chi connectivity index (χ3v) is 5.01. The maximum Gasteiger partial charge on any atom is 0.266 e. The van der Waals surface area contributed by atoms with E-state index in [1.807, 2.05) is 6.92 Å². The second-order valence-corrected chi connectivity index (χ2v) is 7.26. The fourth-order valence-electron chi connectivity index (χ4n) is 3.30. The Morgan fingerprint density at radius 3 is 2.59 bits per heavy atom. The minimum Gasteiger partial charge on any atom is -0.363 e. The number of hydrogen-bond acceptors (Lipinski definition) is 6. The molecule has 1 aromatic carbocycles. The number of aromatic nitrogens is 2. The van der Waals surface area contributed by atoms with E-state index in [0.29, 0.717) is 36.6 Å². The fourth-order valence-corrected chi connectivity index (χ4v) is 3.30. The molecule has 0 aliphatic carbocycles. The zero-order chi connectivity index (χ0) is 23.3. The normalized spacial score (nSPS) is 15.1. The molecular formula is C22H25F3N4O3. The lowest BCUT2D eigenvalue weighted by Gasteiger charge is -2.22. The minimum atomic E-state index is -2.93. The van der Waals surface area contributed by atoms with Crippen molar-refractivity contribution in [3.8, 4) is 0 Å². The number of allylic oxidation sites excluding steroid dienone is 1. The lowest BCUT2D eigenvalue weighted by Crippen LogP contribution is -2.25. The quantitative estimate of drug-likeness (QED) is 0.591. The van der Waals surface area contributed by atoms with Crippen molar-refractivity contribution in [1.29, 1.82) is 0 Å². The summed E-state index contributed by atoms with van der Waals surface area (Å²) in [5, 5.41) is 5.72. The van der Waals surface area contributed by atoms with Crippen molar-refractivity contribution in [3.63, 3.8) is 0 Å². The van der Waals surface area contributed by atoms with Crippen LogP contribution in [0.4, 0.5) is 19.0 Å². The molecule has 1 aliphatic heterocycles. The summed E-state index contributed by atoms with van der Waals surface area (Å²) in [5.41, 5.74) is 0.721. The van der Waals surface area contributed by atoms with Crippen molar-refractivity contribution in [2.45, 2.75) is 45.4 Å². The highest BCUT2D eigenvalue weighted by molar-refractivity contribution is 5.80. The summed E-state index contributed by atoms with van der Waals surface area (Å²) < 4.78 is 52.0. The standard InChI is InChI=1S/C22H25F3N4O3/c1-4-12(2)28-17(30)10-16-18(22-31-8-9-32-22)21(27-11-26-16)29-13(3)14-6-5-7-15(19(14)23)20(24)25/h5-7,11,13,20,22H,2,4,8-10H2,1,3H3,(H,28,30)(H,26,27,29)/t13-/m1/s1. The first-order chi connectivity index (χ1) is 15.3. The molecule has 0 spiro atoms. The van der Waals surface area contributed by atoms with E-state index in [9.17, 15) is 18.0 Å². The average Bonchev–Trinajstić information content (AvgIpc) is 3.28. The van der Waals surface area contributed by atoms with Gasteiger partial charge in [-0.25, -0.2) is 23.1 Å². The SMILES string of the molecule is C=C(CC)NC(=O)Cc1ncnc(N[C@H](C)c2cccc(C(F)F)c2F)c1C1OCCO1. The molecule has 0 radical (unpaired) electrons. The number of rotatable bonds is 9. The van der Waals surface area contributed by atoms with E-state index < -0.39 is 30.1 Å². The molecule has 2 N–H and O–H groups in total. The van der Waals surface area contributed by atoms with Gasteiger partial charge >= 0.3 is 0 Å².